The molecule has 0 radical (unpaired) electrons. The van der Waals surface area contributed by atoms with Gasteiger partial charge in [-0.15, -0.1) is 11.8 Å². The number of carbonyl (C=O) groups excluding carboxylic acids is 1. The van der Waals surface area contributed by atoms with Gasteiger partial charge in [0.15, 0.2) is 0 Å². The van der Waals surface area contributed by atoms with Gasteiger partial charge in [-0.2, -0.15) is 0 Å². The van der Waals surface area contributed by atoms with Gasteiger partial charge in [-0.1, -0.05) is 25.1 Å². The fourth-order valence-electron chi connectivity index (χ4n) is 3.15. The molecular weight excluding hydrogens is 268 g/mol. The number of piperidine rings is 1. The van der Waals surface area contributed by atoms with Crippen molar-refractivity contribution in [2.45, 2.75) is 43.2 Å². The van der Waals surface area contributed by atoms with E-state index in [1.54, 1.807) is 0 Å². The highest BCUT2D eigenvalue weighted by atomic mass is 32.2. The number of fused-ring (bicyclic) bond motifs is 1. The standard InChI is InChI=1S/C16H22N2OS/c1-11-5-4-9-17-15(11)16(19)18-13-8-10-20-14-7-3-2-6-12(13)14/h2-3,6-7,11,13,15,17H,4-5,8-10H2,1H3,(H,18,19). The van der Waals surface area contributed by atoms with Crippen LogP contribution in [0.15, 0.2) is 29.2 Å². The number of hydrogen-bond acceptors (Lipinski definition) is 3. The molecular formula is C16H22N2OS. The Morgan fingerprint density at radius 2 is 2.20 bits per heavy atom. The van der Waals surface area contributed by atoms with Crippen LogP contribution in [0.1, 0.15) is 37.8 Å². The summed E-state index contributed by atoms with van der Waals surface area (Å²) >= 11 is 1.89. The van der Waals surface area contributed by atoms with E-state index in [2.05, 4.69) is 41.8 Å². The number of thioether (sulfide) groups is 1. The molecule has 1 aromatic rings. The maximum absolute atomic E-state index is 12.5. The molecule has 1 saturated heterocycles. The van der Waals surface area contributed by atoms with Gasteiger partial charge in [0, 0.05) is 10.6 Å². The first kappa shape index (κ1) is 14.0. The Balaban J connectivity index is 1.70. The second kappa shape index (κ2) is 6.19. The van der Waals surface area contributed by atoms with E-state index in [4.69, 9.17) is 0 Å². The third-order valence-electron chi connectivity index (χ3n) is 4.33. The lowest BCUT2D eigenvalue weighted by atomic mass is 9.91. The number of benzene rings is 1. The van der Waals surface area contributed by atoms with Gasteiger partial charge in [0.05, 0.1) is 12.1 Å². The van der Waals surface area contributed by atoms with Crippen LogP contribution in [0.3, 0.4) is 0 Å². The Bertz CT molecular complexity index is 491. The Morgan fingerprint density at radius 1 is 1.35 bits per heavy atom. The molecule has 1 fully saturated rings. The van der Waals surface area contributed by atoms with Crippen molar-refractivity contribution in [1.29, 1.82) is 0 Å². The lowest BCUT2D eigenvalue weighted by molar-refractivity contribution is -0.125. The molecule has 0 spiro atoms. The molecule has 3 rings (SSSR count). The molecule has 0 saturated carbocycles. The first-order valence-corrected chi connectivity index (χ1v) is 8.50. The molecule has 3 atom stereocenters. The van der Waals surface area contributed by atoms with Crippen molar-refractivity contribution < 1.29 is 4.79 Å². The fraction of sp³-hybridized carbons (Fsp3) is 0.562. The van der Waals surface area contributed by atoms with Crippen molar-refractivity contribution in [2.24, 2.45) is 5.92 Å². The Labute approximate surface area is 124 Å². The predicted octanol–water partition coefficient (Wildman–Crippen LogP) is 2.73. The van der Waals surface area contributed by atoms with Gasteiger partial charge < -0.3 is 10.6 Å². The molecule has 1 aromatic carbocycles. The second-order valence-corrected chi connectivity index (χ2v) is 6.92. The summed E-state index contributed by atoms with van der Waals surface area (Å²) in [6.45, 7) is 3.13. The van der Waals surface area contributed by atoms with Gasteiger partial charge in [-0.3, -0.25) is 4.79 Å². The minimum absolute atomic E-state index is 0.0227. The minimum Gasteiger partial charge on any atom is -0.348 e. The number of carbonyl (C=O) groups is 1. The highest BCUT2D eigenvalue weighted by molar-refractivity contribution is 7.99. The average molecular weight is 290 g/mol. The quantitative estimate of drug-likeness (QED) is 0.880. The minimum atomic E-state index is -0.0227. The van der Waals surface area contributed by atoms with E-state index < -0.39 is 0 Å². The van der Waals surface area contributed by atoms with E-state index in [0.717, 1.165) is 25.1 Å². The van der Waals surface area contributed by atoms with Crippen LogP contribution in [0.5, 0.6) is 0 Å². The third-order valence-corrected chi connectivity index (χ3v) is 5.45. The Hall–Kier alpha value is -1.00. The van der Waals surface area contributed by atoms with E-state index >= 15 is 0 Å². The van der Waals surface area contributed by atoms with Crippen LogP contribution in [0.2, 0.25) is 0 Å². The molecule has 2 heterocycles. The summed E-state index contributed by atoms with van der Waals surface area (Å²) in [5, 5.41) is 6.63. The van der Waals surface area contributed by atoms with Crippen molar-refractivity contribution >= 4 is 17.7 Å². The molecule has 1 amide bonds. The van der Waals surface area contributed by atoms with E-state index in [0.29, 0.717) is 5.92 Å². The average Bonchev–Trinajstić information content (AvgIpc) is 2.48. The van der Waals surface area contributed by atoms with Gasteiger partial charge in [0.2, 0.25) is 5.91 Å². The molecule has 20 heavy (non-hydrogen) atoms. The maximum Gasteiger partial charge on any atom is 0.237 e. The lowest BCUT2D eigenvalue weighted by Gasteiger charge is -2.32. The van der Waals surface area contributed by atoms with Gasteiger partial charge >= 0.3 is 0 Å². The summed E-state index contributed by atoms with van der Waals surface area (Å²) in [6, 6.07) is 8.58. The molecule has 108 valence electrons. The van der Waals surface area contributed by atoms with Crippen LogP contribution >= 0.6 is 11.8 Å². The molecule has 3 nitrogen and oxygen atoms in total. The monoisotopic (exact) mass is 290 g/mol. The normalized spacial score (nSPS) is 29.6. The van der Waals surface area contributed by atoms with E-state index in [1.165, 1.54) is 16.9 Å². The van der Waals surface area contributed by atoms with Gasteiger partial charge in [-0.25, -0.2) is 0 Å². The molecule has 0 bridgehead atoms. The number of nitrogens with one attached hydrogen (secondary N) is 2. The molecule has 3 unspecified atom stereocenters. The zero-order valence-corrected chi connectivity index (χ0v) is 12.7. The summed E-state index contributed by atoms with van der Waals surface area (Å²) in [5.74, 6) is 1.68. The summed E-state index contributed by atoms with van der Waals surface area (Å²) in [4.78, 5) is 13.8. The number of hydrogen-bond donors (Lipinski definition) is 2. The van der Waals surface area contributed by atoms with Crippen LogP contribution < -0.4 is 10.6 Å². The van der Waals surface area contributed by atoms with Crippen LogP contribution in [0.4, 0.5) is 0 Å². The van der Waals surface area contributed by atoms with Gasteiger partial charge in [0.25, 0.3) is 0 Å². The third kappa shape index (κ3) is 2.86. The van der Waals surface area contributed by atoms with Crippen molar-refractivity contribution in [3.8, 4) is 0 Å². The zero-order valence-electron chi connectivity index (χ0n) is 11.9. The smallest absolute Gasteiger partial charge is 0.237 e. The molecule has 4 heteroatoms. The van der Waals surface area contributed by atoms with Gasteiger partial charge in [-0.05, 0) is 43.4 Å². The van der Waals surface area contributed by atoms with Crippen molar-refractivity contribution in [1.82, 2.24) is 10.6 Å². The first-order chi connectivity index (χ1) is 9.75. The summed E-state index contributed by atoms with van der Waals surface area (Å²) in [5.41, 5.74) is 1.28. The van der Waals surface area contributed by atoms with E-state index in [-0.39, 0.29) is 18.0 Å². The van der Waals surface area contributed by atoms with E-state index in [9.17, 15) is 4.79 Å². The Morgan fingerprint density at radius 3 is 3.05 bits per heavy atom. The SMILES string of the molecule is CC1CCCNC1C(=O)NC1CCSc2ccccc21. The van der Waals surface area contributed by atoms with Crippen molar-refractivity contribution in [2.75, 3.05) is 12.3 Å². The van der Waals surface area contributed by atoms with Crippen LogP contribution in [-0.2, 0) is 4.79 Å². The molecule has 2 aliphatic heterocycles. The Kier molecular flexibility index (Phi) is 4.32. The fourth-order valence-corrected chi connectivity index (χ4v) is 4.28. The zero-order chi connectivity index (χ0) is 13.9. The maximum atomic E-state index is 12.5. The van der Waals surface area contributed by atoms with Crippen LogP contribution in [0.25, 0.3) is 0 Å². The highest BCUT2D eigenvalue weighted by Crippen LogP contribution is 2.35. The lowest BCUT2D eigenvalue weighted by Crippen LogP contribution is -2.51. The summed E-state index contributed by atoms with van der Waals surface area (Å²) in [7, 11) is 0. The molecule has 0 aromatic heterocycles. The van der Waals surface area contributed by atoms with Crippen LogP contribution in [0, 0.1) is 5.92 Å². The highest BCUT2D eigenvalue weighted by Gasteiger charge is 2.30. The number of rotatable bonds is 2. The predicted molar refractivity (Wildman–Crippen MR) is 82.9 cm³/mol. The summed E-state index contributed by atoms with van der Waals surface area (Å²) < 4.78 is 0. The largest absolute Gasteiger partial charge is 0.348 e. The van der Waals surface area contributed by atoms with Crippen LogP contribution in [-0.4, -0.2) is 24.2 Å². The van der Waals surface area contributed by atoms with Crippen molar-refractivity contribution in [3.63, 3.8) is 0 Å². The molecule has 0 aliphatic carbocycles. The second-order valence-electron chi connectivity index (χ2n) is 5.79. The molecule has 2 aliphatic rings. The topological polar surface area (TPSA) is 41.1 Å². The molecule has 2 N–H and O–H groups in total. The first-order valence-electron chi connectivity index (χ1n) is 7.51. The summed E-state index contributed by atoms with van der Waals surface area (Å²) in [6.07, 6.45) is 3.34. The van der Waals surface area contributed by atoms with Crippen molar-refractivity contribution in [3.05, 3.63) is 29.8 Å². The van der Waals surface area contributed by atoms with Gasteiger partial charge in [0.1, 0.15) is 0 Å². The van der Waals surface area contributed by atoms with E-state index in [1.807, 2.05) is 11.8 Å². The number of amides is 1.